The van der Waals surface area contributed by atoms with E-state index in [4.69, 9.17) is 14.2 Å². The molecule has 0 radical (unpaired) electrons. The summed E-state index contributed by atoms with van der Waals surface area (Å²) in [6.45, 7) is 0.234. The van der Waals surface area contributed by atoms with Crippen LogP contribution in [0.3, 0.4) is 0 Å². The van der Waals surface area contributed by atoms with Gasteiger partial charge in [0.1, 0.15) is 12.1 Å². The zero-order chi connectivity index (χ0) is 25.8. The number of hydrogen-bond acceptors (Lipinski definition) is 9. The number of hydrogen-bond donors (Lipinski definition) is 2. The van der Waals surface area contributed by atoms with E-state index in [0.29, 0.717) is 40.4 Å². The number of nitrogens with one attached hydrogen (secondary N) is 2. The third kappa shape index (κ3) is 4.79. The number of nitrogens with zero attached hydrogens (tertiary/aromatic N) is 5. The molecule has 0 saturated carbocycles. The average Bonchev–Trinajstić information content (AvgIpc) is 3.30. The van der Waals surface area contributed by atoms with Crippen LogP contribution in [0.1, 0.15) is 5.56 Å². The number of fused-ring (bicyclic) bond motifs is 1. The standard InChI is InChI=1S/C26H24FN7O3/c1-35-21-12-17(13-22(36-2)23(21)37-3)31-24-29-15-30-26(33-24)34-20-11-7-6-10-19(20)32-25(34)28-14-16-8-4-5-9-18(16)27/h4-13,15H,14H2,1-3H3,(H,28,32)(H,29,30,31,33). The maximum Gasteiger partial charge on any atom is 0.241 e. The third-order valence-electron chi connectivity index (χ3n) is 5.64. The fraction of sp³-hybridized carbons (Fsp3) is 0.154. The van der Waals surface area contributed by atoms with Crippen LogP contribution in [0.2, 0.25) is 0 Å². The van der Waals surface area contributed by atoms with Crippen molar-refractivity contribution < 1.29 is 18.6 Å². The molecule has 0 amide bonds. The summed E-state index contributed by atoms with van der Waals surface area (Å²) in [4.78, 5) is 17.9. The summed E-state index contributed by atoms with van der Waals surface area (Å²) in [7, 11) is 4.63. The summed E-state index contributed by atoms with van der Waals surface area (Å²) < 4.78 is 32.2. The fourth-order valence-electron chi connectivity index (χ4n) is 3.90. The first-order valence-electron chi connectivity index (χ1n) is 11.3. The molecule has 0 atom stereocenters. The highest BCUT2D eigenvalue weighted by atomic mass is 19.1. The fourth-order valence-corrected chi connectivity index (χ4v) is 3.90. The molecule has 10 nitrogen and oxygen atoms in total. The Morgan fingerprint density at radius 3 is 2.32 bits per heavy atom. The van der Waals surface area contributed by atoms with Crippen molar-refractivity contribution in [3.05, 3.63) is 78.4 Å². The lowest BCUT2D eigenvalue weighted by Crippen LogP contribution is -2.11. The van der Waals surface area contributed by atoms with Crippen molar-refractivity contribution in [2.45, 2.75) is 6.54 Å². The Hall–Kier alpha value is -4.93. The first-order chi connectivity index (χ1) is 18.1. The van der Waals surface area contributed by atoms with E-state index < -0.39 is 0 Å². The van der Waals surface area contributed by atoms with Crippen molar-refractivity contribution in [3.8, 4) is 23.2 Å². The predicted molar refractivity (Wildman–Crippen MR) is 138 cm³/mol. The predicted octanol–water partition coefficient (Wildman–Crippen LogP) is 4.73. The second-order valence-corrected chi connectivity index (χ2v) is 7.85. The molecule has 11 heteroatoms. The van der Waals surface area contributed by atoms with Crippen LogP contribution in [0.25, 0.3) is 17.0 Å². The topological polar surface area (TPSA) is 108 Å². The molecular formula is C26H24FN7O3. The molecule has 0 unspecified atom stereocenters. The Labute approximate surface area is 212 Å². The van der Waals surface area contributed by atoms with Gasteiger partial charge in [0, 0.05) is 29.9 Å². The zero-order valence-corrected chi connectivity index (χ0v) is 20.4. The van der Waals surface area contributed by atoms with Gasteiger partial charge in [0.05, 0.1) is 32.4 Å². The monoisotopic (exact) mass is 501 g/mol. The largest absolute Gasteiger partial charge is 0.493 e. The molecule has 2 aromatic heterocycles. The molecule has 2 heterocycles. The lowest BCUT2D eigenvalue weighted by Gasteiger charge is -2.15. The van der Waals surface area contributed by atoms with Gasteiger partial charge >= 0.3 is 0 Å². The van der Waals surface area contributed by atoms with Gasteiger partial charge in [-0.15, -0.1) is 0 Å². The Morgan fingerprint density at radius 2 is 1.59 bits per heavy atom. The Morgan fingerprint density at radius 1 is 0.865 bits per heavy atom. The van der Waals surface area contributed by atoms with Crippen molar-refractivity contribution in [1.82, 2.24) is 24.5 Å². The summed E-state index contributed by atoms with van der Waals surface area (Å²) in [6.07, 6.45) is 1.40. The lowest BCUT2D eigenvalue weighted by atomic mass is 10.2. The number of benzene rings is 3. The van der Waals surface area contributed by atoms with E-state index in [-0.39, 0.29) is 18.3 Å². The highest BCUT2D eigenvalue weighted by Gasteiger charge is 2.17. The van der Waals surface area contributed by atoms with Crippen molar-refractivity contribution in [3.63, 3.8) is 0 Å². The molecule has 188 valence electrons. The Balaban J connectivity index is 1.50. The van der Waals surface area contributed by atoms with Gasteiger partial charge in [-0.2, -0.15) is 4.98 Å². The number of aromatic nitrogens is 5. The van der Waals surface area contributed by atoms with E-state index >= 15 is 0 Å². The highest BCUT2D eigenvalue weighted by Crippen LogP contribution is 2.40. The molecule has 0 bridgehead atoms. The van der Waals surface area contributed by atoms with E-state index in [1.54, 1.807) is 56.2 Å². The second kappa shape index (κ2) is 10.4. The Kier molecular flexibility index (Phi) is 6.66. The first-order valence-corrected chi connectivity index (χ1v) is 11.3. The maximum absolute atomic E-state index is 14.2. The SMILES string of the molecule is COc1cc(Nc2ncnc(-n3c(NCc4ccccc4F)nc4ccccc43)n2)cc(OC)c1OC. The number of anilines is 3. The number of para-hydroxylation sites is 2. The van der Waals surface area contributed by atoms with Crippen LogP contribution < -0.4 is 24.8 Å². The summed E-state index contributed by atoms with van der Waals surface area (Å²) in [5.41, 5.74) is 2.66. The molecule has 0 saturated heterocycles. The molecule has 5 aromatic rings. The van der Waals surface area contributed by atoms with Crippen LogP contribution in [0.5, 0.6) is 17.2 Å². The molecule has 0 fully saturated rings. The van der Waals surface area contributed by atoms with Crippen LogP contribution >= 0.6 is 0 Å². The van der Waals surface area contributed by atoms with Gasteiger partial charge in [-0.05, 0) is 18.2 Å². The smallest absolute Gasteiger partial charge is 0.241 e. The van der Waals surface area contributed by atoms with Crippen LogP contribution in [0, 0.1) is 5.82 Å². The van der Waals surface area contributed by atoms with Crippen molar-refractivity contribution >= 4 is 28.6 Å². The van der Waals surface area contributed by atoms with Crippen LogP contribution in [-0.2, 0) is 6.54 Å². The van der Waals surface area contributed by atoms with Gasteiger partial charge in [-0.3, -0.25) is 0 Å². The summed E-state index contributed by atoms with van der Waals surface area (Å²) in [5.74, 6) is 2.23. The minimum absolute atomic E-state index is 0.234. The van der Waals surface area contributed by atoms with E-state index in [9.17, 15) is 4.39 Å². The molecule has 5 rings (SSSR count). The second-order valence-electron chi connectivity index (χ2n) is 7.85. The highest BCUT2D eigenvalue weighted by molar-refractivity contribution is 5.80. The molecule has 0 aliphatic heterocycles. The number of imidazole rings is 1. The van der Waals surface area contributed by atoms with Gasteiger partial charge < -0.3 is 24.8 Å². The third-order valence-corrected chi connectivity index (χ3v) is 5.64. The molecule has 0 aliphatic rings. The number of ether oxygens (including phenoxy) is 3. The van der Waals surface area contributed by atoms with Crippen LogP contribution in [0.15, 0.2) is 67.0 Å². The number of methoxy groups -OCH3 is 3. The van der Waals surface area contributed by atoms with E-state index in [1.807, 2.05) is 24.3 Å². The molecule has 2 N–H and O–H groups in total. The Bertz CT molecular complexity index is 1530. The molecule has 3 aromatic carbocycles. The quantitative estimate of drug-likeness (QED) is 0.296. The number of rotatable bonds is 9. The molecule has 37 heavy (non-hydrogen) atoms. The summed E-state index contributed by atoms with van der Waals surface area (Å²) in [6, 6.07) is 17.7. The number of halogens is 1. The van der Waals surface area contributed by atoms with Crippen molar-refractivity contribution in [1.29, 1.82) is 0 Å². The summed E-state index contributed by atoms with van der Waals surface area (Å²) in [5, 5.41) is 6.37. The van der Waals surface area contributed by atoms with E-state index in [0.717, 1.165) is 11.0 Å². The van der Waals surface area contributed by atoms with Gasteiger partial charge in [0.2, 0.25) is 23.6 Å². The van der Waals surface area contributed by atoms with Crippen molar-refractivity contribution in [2.24, 2.45) is 0 Å². The van der Waals surface area contributed by atoms with Crippen LogP contribution in [0.4, 0.5) is 22.0 Å². The lowest BCUT2D eigenvalue weighted by molar-refractivity contribution is 0.324. The van der Waals surface area contributed by atoms with E-state index in [1.165, 1.54) is 12.4 Å². The summed E-state index contributed by atoms with van der Waals surface area (Å²) >= 11 is 0. The van der Waals surface area contributed by atoms with Gasteiger partial charge in [-0.25, -0.2) is 23.9 Å². The maximum atomic E-state index is 14.2. The average molecular weight is 502 g/mol. The molecule has 0 aliphatic carbocycles. The van der Waals surface area contributed by atoms with Gasteiger partial charge in [0.15, 0.2) is 11.5 Å². The van der Waals surface area contributed by atoms with E-state index in [2.05, 4.69) is 30.6 Å². The minimum atomic E-state index is -0.297. The minimum Gasteiger partial charge on any atom is -0.493 e. The first kappa shape index (κ1) is 23.8. The van der Waals surface area contributed by atoms with Crippen molar-refractivity contribution in [2.75, 3.05) is 32.0 Å². The molecular weight excluding hydrogens is 477 g/mol. The van der Waals surface area contributed by atoms with Gasteiger partial charge in [0.25, 0.3) is 0 Å². The normalized spacial score (nSPS) is 10.8. The van der Waals surface area contributed by atoms with Gasteiger partial charge in [-0.1, -0.05) is 30.3 Å². The zero-order valence-electron chi connectivity index (χ0n) is 20.4. The van der Waals surface area contributed by atoms with Crippen LogP contribution in [-0.4, -0.2) is 45.8 Å². The molecule has 0 spiro atoms.